The van der Waals surface area contributed by atoms with Crippen molar-refractivity contribution in [1.82, 2.24) is 0 Å². The van der Waals surface area contributed by atoms with E-state index < -0.39 is 0 Å². The van der Waals surface area contributed by atoms with Crippen LogP contribution in [-0.2, 0) is 0 Å². The average molecular weight is 172 g/mol. The first-order chi connectivity index (χ1) is 6.20. The summed E-state index contributed by atoms with van der Waals surface area (Å²) in [6, 6.07) is 0. The largest absolute Gasteiger partial charge is 0.0995 e. The molecule has 0 N–H and O–H groups in total. The van der Waals surface area contributed by atoms with Gasteiger partial charge < -0.3 is 0 Å². The van der Waals surface area contributed by atoms with Crippen molar-refractivity contribution in [2.24, 2.45) is 23.7 Å². The summed E-state index contributed by atoms with van der Waals surface area (Å²) in [5, 5.41) is 0. The molecule has 0 bridgehead atoms. The Morgan fingerprint density at radius 1 is 0.846 bits per heavy atom. The van der Waals surface area contributed by atoms with Crippen molar-refractivity contribution in [2.75, 3.05) is 0 Å². The van der Waals surface area contributed by atoms with Crippen molar-refractivity contribution >= 4 is 0 Å². The highest BCUT2D eigenvalue weighted by atomic mass is 14.6. The third-order valence-corrected chi connectivity index (χ3v) is 4.36. The number of fused-ring (bicyclic) bond motifs is 4. The molecule has 0 aromatic heterocycles. The molecule has 0 aromatic carbocycles. The molecular weight excluding hydrogens is 156 g/mol. The Balaban J connectivity index is 1.98. The predicted octanol–water partition coefficient (Wildman–Crippen LogP) is 3.33. The Hall–Kier alpha value is -0.780. The molecule has 0 aliphatic heterocycles. The zero-order valence-electron chi connectivity index (χ0n) is 8.05. The first-order valence-corrected chi connectivity index (χ1v) is 5.23. The van der Waals surface area contributed by atoms with Crippen molar-refractivity contribution < 1.29 is 0 Å². The van der Waals surface area contributed by atoms with Crippen LogP contribution in [0.3, 0.4) is 0 Å². The summed E-state index contributed by atoms with van der Waals surface area (Å²) >= 11 is 0. The van der Waals surface area contributed by atoms with Gasteiger partial charge in [-0.05, 0) is 42.9 Å². The van der Waals surface area contributed by atoms with Crippen LogP contribution in [0.15, 0.2) is 36.5 Å². The van der Waals surface area contributed by atoms with Crippen LogP contribution in [0.25, 0.3) is 0 Å². The van der Waals surface area contributed by atoms with Crippen LogP contribution in [0.2, 0.25) is 0 Å². The Kier molecular flexibility index (Phi) is 1.27. The molecule has 0 spiro atoms. The van der Waals surface area contributed by atoms with Gasteiger partial charge in [0.15, 0.2) is 0 Å². The maximum Gasteiger partial charge on any atom is -0.00658 e. The van der Waals surface area contributed by atoms with E-state index >= 15 is 0 Å². The summed E-state index contributed by atoms with van der Waals surface area (Å²) in [6.07, 6.45) is 3.70. The molecule has 13 heavy (non-hydrogen) atoms. The van der Waals surface area contributed by atoms with Gasteiger partial charge in [-0.2, -0.15) is 0 Å². The highest BCUT2D eigenvalue weighted by Gasteiger charge is 2.58. The van der Waals surface area contributed by atoms with E-state index in [1.54, 1.807) is 0 Å². The first-order valence-electron chi connectivity index (χ1n) is 5.23. The van der Waals surface area contributed by atoms with Crippen molar-refractivity contribution in [1.29, 1.82) is 0 Å². The Bertz CT molecular complexity index is 315. The van der Waals surface area contributed by atoms with Gasteiger partial charge in [0.2, 0.25) is 0 Å². The molecule has 0 nitrogen and oxygen atoms in total. The second kappa shape index (κ2) is 2.17. The SMILES string of the molecule is C=C1CCC2C1C1C(=C)CC(=C)C21. The molecule has 68 valence electrons. The molecule has 0 heteroatoms. The summed E-state index contributed by atoms with van der Waals surface area (Å²) in [4.78, 5) is 0. The lowest BCUT2D eigenvalue weighted by molar-refractivity contribution is 0.0977. The summed E-state index contributed by atoms with van der Waals surface area (Å²) in [5.74, 6) is 3.21. The van der Waals surface area contributed by atoms with Gasteiger partial charge in [-0.15, -0.1) is 0 Å². The van der Waals surface area contributed by atoms with Gasteiger partial charge >= 0.3 is 0 Å². The Morgan fingerprint density at radius 3 is 2.23 bits per heavy atom. The van der Waals surface area contributed by atoms with E-state index in [2.05, 4.69) is 19.7 Å². The topological polar surface area (TPSA) is 0 Å². The molecule has 4 atom stereocenters. The van der Waals surface area contributed by atoms with Gasteiger partial charge in [-0.3, -0.25) is 0 Å². The fraction of sp³-hybridized carbons (Fsp3) is 0.538. The highest BCUT2D eigenvalue weighted by molar-refractivity contribution is 5.39. The zero-order valence-corrected chi connectivity index (χ0v) is 8.05. The van der Waals surface area contributed by atoms with Gasteiger partial charge in [0.1, 0.15) is 0 Å². The average Bonchev–Trinajstić information content (AvgIpc) is 2.37. The molecule has 3 fully saturated rings. The second-order valence-electron chi connectivity index (χ2n) is 4.93. The lowest BCUT2D eigenvalue weighted by atomic mass is 9.57. The Morgan fingerprint density at radius 2 is 1.46 bits per heavy atom. The summed E-state index contributed by atoms with van der Waals surface area (Å²) in [6.45, 7) is 12.5. The molecule has 3 rings (SSSR count). The van der Waals surface area contributed by atoms with Crippen LogP contribution in [0.4, 0.5) is 0 Å². The van der Waals surface area contributed by atoms with Crippen LogP contribution in [0.1, 0.15) is 19.3 Å². The summed E-state index contributed by atoms with van der Waals surface area (Å²) in [5.41, 5.74) is 4.37. The van der Waals surface area contributed by atoms with Crippen molar-refractivity contribution in [3.63, 3.8) is 0 Å². The molecule has 0 heterocycles. The molecule has 3 saturated carbocycles. The van der Waals surface area contributed by atoms with E-state index in [-0.39, 0.29) is 0 Å². The van der Waals surface area contributed by atoms with Gasteiger partial charge in [-0.25, -0.2) is 0 Å². The van der Waals surface area contributed by atoms with Crippen molar-refractivity contribution in [3.8, 4) is 0 Å². The number of rotatable bonds is 0. The van der Waals surface area contributed by atoms with Crippen LogP contribution in [0.5, 0.6) is 0 Å². The maximum atomic E-state index is 4.19. The van der Waals surface area contributed by atoms with Crippen LogP contribution < -0.4 is 0 Å². The maximum absolute atomic E-state index is 4.19. The molecule has 0 amide bonds. The molecule has 3 aliphatic rings. The molecule has 0 radical (unpaired) electrons. The molecule has 0 aromatic rings. The minimum Gasteiger partial charge on any atom is -0.0995 e. The Labute approximate surface area is 80.0 Å². The normalized spacial score (nSPS) is 47.5. The van der Waals surface area contributed by atoms with Crippen molar-refractivity contribution in [2.45, 2.75) is 19.3 Å². The van der Waals surface area contributed by atoms with Crippen LogP contribution >= 0.6 is 0 Å². The molecule has 3 aliphatic carbocycles. The standard InChI is InChI=1S/C13H16/c1-7-4-5-10-11(7)13-9(3)6-8(2)12(10)13/h10-13H,1-6H2. The number of allylic oxidation sites excluding steroid dienone is 3. The molecule has 0 saturated heterocycles. The zero-order chi connectivity index (χ0) is 9.16. The van der Waals surface area contributed by atoms with E-state index in [1.807, 2.05) is 0 Å². The highest BCUT2D eigenvalue weighted by Crippen LogP contribution is 2.66. The lowest BCUT2D eigenvalue weighted by Gasteiger charge is -2.46. The summed E-state index contributed by atoms with van der Waals surface area (Å²) in [7, 11) is 0. The van der Waals surface area contributed by atoms with Gasteiger partial charge in [0, 0.05) is 0 Å². The van der Waals surface area contributed by atoms with E-state index in [0.29, 0.717) is 0 Å². The van der Waals surface area contributed by atoms with Gasteiger partial charge in [0.05, 0.1) is 0 Å². The number of hydrogen-bond acceptors (Lipinski definition) is 0. The lowest BCUT2D eigenvalue weighted by Crippen LogP contribution is -2.41. The smallest absolute Gasteiger partial charge is 0.00658 e. The third kappa shape index (κ3) is 0.727. The first kappa shape index (κ1) is 7.61. The van der Waals surface area contributed by atoms with Gasteiger partial charge in [0.25, 0.3) is 0 Å². The van der Waals surface area contributed by atoms with Crippen molar-refractivity contribution in [3.05, 3.63) is 36.5 Å². The van der Waals surface area contributed by atoms with Gasteiger partial charge in [-0.1, -0.05) is 36.5 Å². The third-order valence-electron chi connectivity index (χ3n) is 4.36. The predicted molar refractivity (Wildman–Crippen MR) is 55.2 cm³/mol. The monoisotopic (exact) mass is 172 g/mol. The van der Waals surface area contributed by atoms with Crippen LogP contribution in [-0.4, -0.2) is 0 Å². The molecule has 4 unspecified atom stereocenters. The van der Waals surface area contributed by atoms with E-state index in [1.165, 1.54) is 29.6 Å². The summed E-state index contributed by atoms with van der Waals surface area (Å²) < 4.78 is 0. The number of hydrogen-bond donors (Lipinski definition) is 0. The van der Waals surface area contributed by atoms with Crippen LogP contribution in [0, 0.1) is 23.7 Å². The van der Waals surface area contributed by atoms with E-state index in [9.17, 15) is 0 Å². The quantitative estimate of drug-likeness (QED) is 0.492. The second-order valence-corrected chi connectivity index (χ2v) is 4.93. The molecular formula is C13H16. The fourth-order valence-corrected chi connectivity index (χ4v) is 3.86. The minimum atomic E-state index is 0.743. The fourth-order valence-electron chi connectivity index (χ4n) is 3.86. The van der Waals surface area contributed by atoms with E-state index in [4.69, 9.17) is 0 Å². The minimum absolute atomic E-state index is 0.743. The van der Waals surface area contributed by atoms with E-state index in [0.717, 1.165) is 30.1 Å².